The smallest absolute Gasteiger partial charge is 0.123 e. The van der Waals surface area contributed by atoms with Gasteiger partial charge < -0.3 is 0 Å². The summed E-state index contributed by atoms with van der Waals surface area (Å²) < 4.78 is 0. The summed E-state index contributed by atoms with van der Waals surface area (Å²) >= 11 is 6.22. The highest BCUT2D eigenvalue weighted by Gasteiger charge is 2.09. The summed E-state index contributed by atoms with van der Waals surface area (Å²) in [7, 11) is -0.674. The van der Waals surface area contributed by atoms with Gasteiger partial charge in [-0.3, -0.25) is 0 Å². The lowest BCUT2D eigenvalue weighted by atomic mass is 10.1. The monoisotopic (exact) mass is 200 g/mol. The van der Waals surface area contributed by atoms with Crippen LogP contribution in [0, 0.1) is 5.92 Å². The molecular weight excluding hydrogens is 184 g/mol. The number of hydrogen-bond donors (Lipinski definition) is 0. The van der Waals surface area contributed by atoms with E-state index in [0.717, 1.165) is 5.92 Å². The molecule has 68 valence electrons. The summed E-state index contributed by atoms with van der Waals surface area (Å²) in [6, 6.07) is 0. The van der Waals surface area contributed by atoms with E-state index in [4.69, 9.17) is 11.1 Å². The summed E-state index contributed by atoms with van der Waals surface area (Å²) in [5.74, 6) is 0.863. The minimum absolute atomic E-state index is 0.672. The van der Waals surface area contributed by atoms with Crippen LogP contribution in [0.4, 0.5) is 0 Å². The molecule has 0 aromatic rings. The standard InChI is InChI=1S/C10H17ClSi/c1-9(2)12(11)8-7-10-5-3-4-6-10/h3-4,8-10H,5-7H2,1-2H3. The summed E-state index contributed by atoms with van der Waals surface area (Å²) in [5, 5.41) is 0. The largest absolute Gasteiger partial charge is 0.139 e. The number of hydrogen-bond acceptors (Lipinski definition) is 0. The van der Waals surface area contributed by atoms with E-state index in [0.29, 0.717) is 5.54 Å². The van der Waals surface area contributed by atoms with Gasteiger partial charge in [0, 0.05) is 0 Å². The van der Waals surface area contributed by atoms with Crippen LogP contribution in [0.2, 0.25) is 5.54 Å². The molecule has 0 N–H and O–H groups in total. The first-order chi connectivity index (χ1) is 5.70. The fraction of sp³-hybridized carbons (Fsp3) is 0.700. The molecule has 0 atom stereocenters. The molecule has 0 unspecified atom stereocenters. The third-order valence-electron chi connectivity index (χ3n) is 2.30. The van der Waals surface area contributed by atoms with E-state index in [9.17, 15) is 0 Å². The minimum Gasteiger partial charge on any atom is -0.139 e. The normalized spacial score (nSPS) is 19.5. The van der Waals surface area contributed by atoms with Gasteiger partial charge in [0.1, 0.15) is 7.72 Å². The van der Waals surface area contributed by atoms with E-state index < -0.39 is 7.72 Å². The zero-order chi connectivity index (χ0) is 8.97. The van der Waals surface area contributed by atoms with Gasteiger partial charge >= 0.3 is 0 Å². The number of allylic oxidation sites excluding steroid dienone is 2. The van der Waals surface area contributed by atoms with Crippen molar-refractivity contribution in [1.82, 2.24) is 0 Å². The molecule has 1 rings (SSSR count). The molecule has 12 heavy (non-hydrogen) atoms. The van der Waals surface area contributed by atoms with Gasteiger partial charge in [-0.1, -0.05) is 31.7 Å². The highest BCUT2D eigenvalue weighted by Crippen LogP contribution is 2.20. The lowest BCUT2D eigenvalue weighted by Crippen LogP contribution is -2.04. The second-order valence-corrected chi connectivity index (χ2v) is 7.43. The molecule has 1 aliphatic carbocycles. The molecule has 0 amide bonds. The third-order valence-corrected chi connectivity index (χ3v) is 5.80. The van der Waals surface area contributed by atoms with Gasteiger partial charge in [0.25, 0.3) is 0 Å². The van der Waals surface area contributed by atoms with E-state index in [1.807, 2.05) is 0 Å². The van der Waals surface area contributed by atoms with Crippen LogP contribution in [0.3, 0.4) is 0 Å². The molecule has 0 spiro atoms. The van der Waals surface area contributed by atoms with Crippen molar-refractivity contribution in [2.75, 3.05) is 0 Å². The Morgan fingerprint density at radius 1 is 1.50 bits per heavy atom. The highest BCUT2D eigenvalue weighted by atomic mass is 35.6. The lowest BCUT2D eigenvalue weighted by Gasteiger charge is -2.06. The van der Waals surface area contributed by atoms with Crippen molar-refractivity contribution >= 4 is 24.5 Å². The Balaban J connectivity index is 2.28. The van der Waals surface area contributed by atoms with Crippen molar-refractivity contribution in [3.63, 3.8) is 0 Å². The molecule has 0 heterocycles. The first-order valence-electron chi connectivity index (χ1n) is 4.70. The zero-order valence-electron chi connectivity index (χ0n) is 7.89. The number of halogens is 1. The molecule has 2 heteroatoms. The fourth-order valence-corrected chi connectivity index (χ4v) is 2.68. The molecule has 0 aliphatic heterocycles. The zero-order valence-corrected chi connectivity index (χ0v) is 9.64. The van der Waals surface area contributed by atoms with Crippen LogP contribution in [0.1, 0.15) is 33.1 Å². The molecule has 0 bridgehead atoms. The van der Waals surface area contributed by atoms with E-state index in [1.165, 1.54) is 19.3 Å². The van der Waals surface area contributed by atoms with Crippen LogP contribution in [-0.2, 0) is 0 Å². The third kappa shape index (κ3) is 3.24. The van der Waals surface area contributed by atoms with Gasteiger partial charge in [-0.25, -0.2) is 0 Å². The Morgan fingerprint density at radius 3 is 2.58 bits per heavy atom. The molecule has 0 radical (unpaired) electrons. The summed E-state index contributed by atoms with van der Waals surface area (Å²) in [5.41, 5.74) is 3.04. The van der Waals surface area contributed by atoms with Gasteiger partial charge in [-0.05, 0) is 30.7 Å². The Bertz CT molecular complexity index is 186. The van der Waals surface area contributed by atoms with Crippen molar-refractivity contribution < 1.29 is 0 Å². The molecule has 0 fully saturated rings. The van der Waals surface area contributed by atoms with E-state index in [2.05, 4.69) is 31.7 Å². The van der Waals surface area contributed by atoms with Crippen LogP contribution < -0.4 is 0 Å². The Morgan fingerprint density at radius 2 is 2.08 bits per heavy atom. The average molecular weight is 201 g/mol. The topological polar surface area (TPSA) is 0 Å². The summed E-state index contributed by atoms with van der Waals surface area (Å²) in [4.78, 5) is 0. The minimum atomic E-state index is -0.674. The van der Waals surface area contributed by atoms with Crippen molar-refractivity contribution in [3.8, 4) is 0 Å². The number of rotatable bonds is 3. The van der Waals surface area contributed by atoms with E-state index >= 15 is 0 Å². The Hall–Kier alpha value is 0.117. The Kier molecular flexibility index (Phi) is 4.23. The first kappa shape index (κ1) is 10.2. The SMILES string of the molecule is CC(C)[Si](Cl)=CCC1CC=CC1. The second kappa shape index (κ2) is 4.98. The van der Waals surface area contributed by atoms with Crippen molar-refractivity contribution in [2.45, 2.75) is 38.7 Å². The maximum atomic E-state index is 6.22. The van der Waals surface area contributed by atoms with Crippen LogP contribution in [-0.4, -0.2) is 13.4 Å². The maximum absolute atomic E-state index is 6.22. The van der Waals surface area contributed by atoms with Crippen LogP contribution >= 0.6 is 11.1 Å². The van der Waals surface area contributed by atoms with Gasteiger partial charge in [0.2, 0.25) is 0 Å². The van der Waals surface area contributed by atoms with Crippen molar-refractivity contribution in [1.29, 1.82) is 0 Å². The van der Waals surface area contributed by atoms with Crippen molar-refractivity contribution in [3.05, 3.63) is 12.2 Å². The predicted molar refractivity (Wildman–Crippen MR) is 59.3 cm³/mol. The van der Waals surface area contributed by atoms with Crippen molar-refractivity contribution in [2.24, 2.45) is 5.92 Å². The molecule has 1 aliphatic rings. The summed E-state index contributed by atoms with van der Waals surface area (Å²) in [6.07, 6.45) is 8.33. The van der Waals surface area contributed by atoms with E-state index in [-0.39, 0.29) is 0 Å². The molecule has 0 saturated heterocycles. The molecule has 0 nitrogen and oxygen atoms in total. The molecule has 0 saturated carbocycles. The second-order valence-electron chi connectivity index (χ2n) is 3.79. The maximum Gasteiger partial charge on any atom is 0.123 e. The fourth-order valence-electron chi connectivity index (χ4n) is 1.38. The molecule has 0 aromatic heterocycles. The van der Waals surface area contributed by atoms with Gasteiger partial charge in [0.15, 0.2) is 0 Å². The van der Waals surface area contributed by atoms with Gasteiger partial charge in [-0.15, -0.1) is 11.1 Å². The average Bonchev–Trinajstić information content (AvgIpc) is 2.51. The molecular formula is C10H17ClSi. The van der Waals surface area contributed by atoms with Crippen LogP contribution in [0.25, 0.3) is 0 Å². The van der Waals surface area contributed by atoms with Gasteiger partial charge in [0.05, 0.1) is 0 Å². The predicted octanol–water partition coefficient (Wildman–Crippen LogP) is 3.37. The first-order valence-corrected chi connectivity index (χ1v) is 7.37. The summed E-state index contributed by atoms with van der Waals surface area (Å²) in [6.45, 7) is 4.43. The Labute approximate surface area is 81.6 Å². The van der Waals surface area contributed by atoms with Crippen LogP contribution in [0.15, 0.2) is 12.2 Å². The van der Waals surface area contributed by atoms with E-state index in [1.54, 1.807) is 0 Å². The highest BCUT2D eigenvalue weighted by molar-refractivity contribution is 7.09. The molecule has 0 aromatic carbocycles. The van der Waals surface area contributed by atoms with Gasteiger partial charge in [-0.2, -0.15) is 0 Å². The quantitative estimate of drug-likeness (QED) is 0.372. The lowest BCUT2D eigenvalue weighted by molar-refractivity contribution is 0.603. The van der Waals surface area contributed by atoms with Crippen LogP contribution in [0.5, 0.6) is 0 Å².